The molecule has 0 saturated carbocycles. The smallest absolute Gasteiger partial charge is 0.409 e. The van der Waals surface area contributed by atoms with Crippen molar-refractivity contribution in [3.8, 4) is 0 Å². The fourth-order valence-electron chi connectivity index (χ4n) is 0.732. The van der Waals surface area contributed by atoms with Gasteiger partial charge in [0, 0.05) is 0 Å². The third-order valence-corrected chi connectivity index (χ3v) is 1.50. The molecule has 0 bridgehead atoms. The molecule has 1 unspecified atom stereocenters. The van der Waals surface area contributed by atoms with Crippen LogP contribution in [-0.4, -0.2) is 29.3 Å². The molecule has 0 aromatic carbocycles. The molecular weight excluding hydrogens is 198 g/mol. The average Bonchev–Trinajstić information content (AvgIpc) is 1.99. The zero-order chi connectivity index (χ0) is 10.4. The van der Waals surface area contributed by atoms with Crippen molar-refractivity contribution in [3.63, 3.8) is 0 Å². The highest BCUT2D eigenvalue weighted by atomic mass is 35.5. The monoisotopic (exact) mass is 209 g/mol. The average molecular weight is 210 g/mol. The molecule has 0 fully saturated rings. The highest BCUT2D eigenvalue weighted by Gasteiger charge is 2.23. The molecular formula is C7H12ClNO4. The molecule has 0 rings (SSSR count). The second-order valence-corrected chi connectivity index (χ2v) is 2.96. The summed E-state index contributed by atoms with van der Waals surface area (Å²) in [5.41, 5.74) is 0. The van der Waals surface area contributed by atoms with Crippen LogP contribution in [0.25, 0.3) is 0 Å². The molecule has 0 aliphatic heterocycles. The van der Waals surface area contributed by atoms with E-state index in [9.17, 15) is 9.59 Å². The molecule has 0 aliphatic carbocycles. The predicted molar refractivity (Wildman–Crippen MR) is 46.6 cm³/mol. The molecule has 0 aliphatic rings. The van der Waals surface area contributed by atoms with E-state index >= 15 is 0 Å². The largest absolute Gasteiger partial charge is 0.480 e. The van der Waals surface area contributed by atoms with Crippen LogP contribution < -0.4 is 5.32 Å². The van der Waals surface area contributed by atoms with Gasteiger partial charge in [0.25, 0.3) is 0 Å². The highest BCUT2D eigenvalue weighted by molar-refractivity contribution is 6.17. The lowest BCUT2D eigenvalue weighted by Crippen LogP contribution is -2.44. The molecule has 2 N–H and O–H groups in total. The Hall–Kier alpha value is -0.970. The standard InChI is InChI=1S/C7H12ClNO4/c1-4(2)5(6(10)11)9-7(12)13-3-8/h4-5H,3H2,1-2H3,(H,9,12)(H,10,11). The van der Waals surface area contributed by atoms with Gasteiger partial charge in [0.2, 0.25) is 0 Å². The van der Waals surface area contributed by atoms with E-state index in [-0.39, 0.29) is 12.0 Å². The lowest BCUT2D eigenvalue weighted by molar-refractivity contribution is -0.140. The van der Waals surface area contributed by atoms with Gasteiger partial charge in [-0.3, -0.25) is 0 Å². The minimum atomic E-state index is -1.10. The van der Waals surface area contributed by atoms with Gasteiger partial charge >= 0.3 is 12.1 Å². The second-order valence-electron chi connectivity index (χ2n) is 2.75. The Balaban J connectivity index is 4.10. The van der Waals surface area contributed by atoms with Crippen molar-refractivity contribution in [2.45, 2.75) is 19.9 Å². The molecule has 0 aromatic heterocycles. The first-order chi connectivity index (χ1) is 5.99. The number of hydrogen-bond donors (Lipinski definition) is 2. The first kappa shape index (κ1) is 12.0. The van der Waals surface area contributed by atoms with Gasteiger partial charge in [-0.05, 0) is 5.92 Å². The zero-order valence-electron chi connectivity index (χ0n) is 7.41. The molecule has 6 heteroatoms. The number of aliphatic carboxylic acids is 1. The minimum absolute atomic E-state index is 0.208. The lowest BCUT2D eigenvalue weighted by Gasteiger charge is -2.16. The van der Waals surface area contributed by atoms with Crippen LogP contribution in [0.3, 0.4) is 0 Å². The zero-order valence-corrected chi connectivity index (χ0v) is 8.17. The van der Waals surface area contributed by atoms with E-state index in [1.807, 2.05) is 0 Å². The van der Waals surface area contributed by atoms with Crippen molar-refractivity contribution < 1.29 is 19.4 Å². The third kappa shape index (κ3) is 4.57. The minimum Gasteiger partial charge on any atom is -0.480 e. The van der Waals surface area contributed by atoms with Crippen LogP contribution in [0.5, 0.6) is 0 Å². The van der Waals surface area contributed by atoms with E-state index in [4.69, 9.17) is 16.7 Å². The second kappa shape index (κ2) is 5.64. The molecule has 1 atom stereocenters. The molecule has 0 heterocycles. The fraction of sp³-hybridized carbons (Fsp3) is 0.714. The van der Waals surface area contributed by atoms with Crippen LogP contribution in [0.15, 0.2) is 0 Å². The Bertz CT molecular complexity index is 195. The summed E-state index contributed by atoms with van der Waals surface area (Å²) in [6, 6.07) is -1.24. The number of rotatable bonds is 4. The maximum absolute atomic E-state index is 10.8. The van der Waals surface area contributed by atoms with Gasteiger partial charge in [-0.25, -0.2) is 9.59 Å². The van der Waals surface area contributed by atoms with E-state index in [1.54, 1.807) is 13.8 Å². The van der Waals surface area contributed by atoms with Crippen molar-refractivity contribution >= 4 is 23.7 Å². The van der Waals surface area contributed by atoms with Gasteiger partial charge in [0.15, 0.2) is 6.07 Å². The number of carbonyl (C=O) groups is 2. The van der Waals surface area contributed by atoms with Crippen LogP contribution in [0.4, 0.5) is 4.79 Å². The quantitative estimate of drug-likeness (QED) is 0.678. The summed E-state index contributed by atoms with van der Waals surface area (Å²) < 4.78 is 4.32. The predicted octanol–water partition coefficient (Wildman–Crippen LogP) is 1.02. The molecule has 0 spiro atoms. The molecule has 5 nitrogen and oxygen atoms in total. The lowest BCUT2D eigenvalue weighted by atomic mass is 10.1. The summed E-state index contributed by atoms with van der Waals surface area (Å²) in [6.07, 6.45) is -0.823. The summed E-state index contributed by atoms with van der Waals surface area (Å²) in [6.45, 7) is 3.36. The van der Waals surface area contributed by atoms with Crippen molar-refractivity contribution in [2.24, 2.45) is 5.92 Å². The molecule has 13 heavy (non-hydrogen) atoms. The van der Waals surface area contributed by atoms with Gasteiger partial charge < -0.3 is 15.2 Å². The Morgan fingerprint density at radius 2 is 2.08 bits per heavy atom. The van der Waals surface area contributed by atoms with Gasteiger partial charge in [-0.2, -0.15) is 0 Å². The van der Waals surface area contributed by atoms with Crippen LogP contribution in [-0.2, 0) is 9.53 Å². The summed E-state index contributed by atoms with van der Waals surface area (Å²) in [5, 5.41) is 10.8. The number of amides is 1. The molecule has 76 valence electrons. The number of ether oxygens (including phenoxy) is 1. The normalized spacial score (nSPS) is 12.3. The van der Waals surface area contributed by atoms with Crippen molar-refractivity contribution in [1.82, 2.24) is 5.32 Å². The van der Waals surface area contributed by atoms with Crippen molar-refractivity contribution in [2.75, 3.05) is 6.07 Å². The van der Waals surface area contributed by atoms with Gasteiger partial charge in [0.1, 0.15) is 6.04 Å². The summed E-state index contributed by atoms with van der Waals surface area (Å²) >= 11 is 5.11. The summed E-state index contributed by atoms with van der Waals surface area (Å²) in [7, 11) is 0. The Morgan fingerprint density at radius 3 is 2.38 bits per heavy atom. The molecule has 0 aromatic rings. The first-order valence-corrected chi connectivity index (χ1v) is 4.24. The van der Waals surface area contributed by atoms with E-state index in [0.717, 1.165) is 0 Å². The number of carboxylic acids is 1. The molecule has 0 radical (unpaired) electrons. The Morgan fingerprint density at radius 1 is 1.54 bits per heavy atom. The number of hydrogen-bond acceptors (Lipinski definition) is 3. The van der Waals surface area contributed by atoms with Gasteiger partial charge in [-0.15, -0.1) is 0 Å². The van der Waals surface area contributed by atoms with Gasteiger partial charge in [0.05, 0.1) is 0 Å². The number of halogens is 1. The molecule has 1 amide bonds. The molecule has 0 saturated heterocycles. The first-order valence-electron chi connectivity index (χ1n) is 3.71. The van der Waals surface area contributed by atoms with E-state index < -0.39 is 18.1 Å². The van der Waals surface area contributed by atoms with Crippen LogP contribution in [0.2, 0.25) is 0 Å². The maximum Gasteiger partial charge on any atom is 0.409 e. The van der Waals surface area contributed by atoms with Crippen molar-refractivity contribution in [1.29, 1.82) is 0 Å². The SMILES string of the molecule is CC(C)C(NC(=O)OCCl)C(=O)O. The summed E-state index contributed by atoms with van der Waals surface area (Å²) in [5.74, 6) is -1.30. The fourth-order valence-corrected chi connectivity index (χ4v) is 0.831. The van der Waals surface area contributed by atoms with Gasteiger partial charge in [-0.1, -0.05) is 25.4 Å². The van der Waals surface area contributed by atoms with E-state index in [0.29, 0.717) is 0 Å². The number of alkyl halides is 1. The maximum atomic E-state index is 10.8. The third-order valence-electron chi connectivity index (χ3n) is 1.39. The number of nitrogens with one attached hydrogen (secondary N) is 1. The number of carboxylic acid groups (broad SMARTS) is 1. The topological polar surface area (TPSA) is 75.6 Å². The van der Waals surface area contributed by atoms with Crippen LogP contribution in [0, 0.1) is 5.92 Å². The van der Waals surface area contributed by atoms with E-state index in [2.05, 4.69) is 10.1 Å². The van der Waals surface area contributed by atoms with Crippen LogP contribution >= 0.6 is 11.6 Å². The summed E-state index contributed by atoms with van der Waals surface area (Å²) in [4.78, 5) is 21.4. The van der Waals surface area contributed by atoms with Crippen molar-refractivity contribution in [3.05, 3.63) is 0 Å². The van der Waals surface area contributed by atoms with E-state index in [1.165, 1.54) is 0 Å². The Labute approximate surface area is 81.0 Å². The highest BCUT2D eigenvalue weighted by Crippen LogP contribution is 2.01. The number of carbonyl (C=O) groups excluding carboxylic acids is 1. The van der Waals surface area contributed by atoms with Crippen LogP contribution in [0.1, 0.15) is 13.8 Å². The number of alkyl carbamates (subject to hydrolysis) is 1. The Kier molecular flexibility index (Phi) is 5.22.